The molecule has 68 valence electrons. The Morgan fingerprint density at radius 1 is 1.46 bits per heavy atom. The third-order valence-corrected chi connectivity index (χ3v) is 1.76. The normalized spacial score (nSPS) is 10.3. The Kier molecular flexibility index (Phi) is 3.49. The van der Waals surface area contributed by atoms with Crippen molar-refractivity contribution in [1.29, 1.82) is 0 Å². The van der Waals surface area contributed by atoms with Gasteiger partial charge in [-0.05, 0) is 17.7 Å². The van der Waals surface area contributed by atoms with E-state index in [9.17, 15) is 4.79 Å². The summed E-state index contributed by atoms with van der Waals surface area (Å²) in [6.45, 7) is 0. The van der Waals surface area contributed by atoms with E-state index >= 15 is 0 Å². The topological polar surface area (TPSA) is 52.3 Å². The zero-order valence-corrected chi connectivity index (χ0v) is 7.49. The Bertz CT molecular complexity index is 336. The smallest absolute Gasteiger partial charge is 0.349 e. The van der Waals surface area contributed by atoms with Gasteiger partial charge in [0.05, 0.1) is 0 Å². The summed E-state index contributed by atoms with van der Waals surface area (Å²) in [5, 5.41) is 0.573. The molecular formula is C9H8ClNO2. The van der Waals surface area contributed by atoms with Gasteiger partial charge in [0.1, 0.15) is 0 Å². The molecule has 13 heavy (non-hydrogen) atoms. The predicted octanol–water partition coefficient (Wildman–Crippen LogP) is 1.77. The van der Waals surface area contributed by atoms with Crippen molar-refractivity contribution in [3.63, 3.8) is 0 Å². The molecule has 0 amide bonds. The van der Waals surface area contributed by atoms with Crippen molar-refractivity contribution >= 4 is 23.6 Å². The van der Waals surface area contributed by atoms with E-state index in [1.165, 1.54) is 12.2 Å². The van der Waals surface area contributed by atoms with E-state index in [4.69, 9.17) is 11.6 Å². The summed E-state index contributed by atoms with van der Waals surface area (Å²) in [7, 11) is 0. The van der Waals surface area contributed by atoms with Gasteiger partial charge in [-0.2, -0.15) is 5.90 Å². The maximum absolute atomic E-state index is 10.6. The van der Waals surface area contributed by atoms with Crippen LogP contribution in [-0.2, 0) is 9.63 Å². The molecule has 0 fully saturated rings. The van der Waals surface area contributed by atoms with E-state index in [1.807, 2.05) is 6.07 Å². The third-order valence-electron chi connectivity index (χ3n) is 1.42. The molecule has 1 rings (SSSR count). The minimum absolute atomic E-state index is 0.573. The summed E-state index contributed by atoms with van der Waals surface area (Å²) in [4.78, 5) is 14.6. The first kappa shape index (κ1) is 9.77. The number of hydrogen-bond acceptors (Lipinski definition) is 3. The van der Waals surface area contributed by atoms with Crippen LogP contribution >= 0.6 is 11.6 Å². The largest absolute Gasteiger partial charge is 0.370 e. The van der Waals surface area contributed by atoms with Gasteiger partial charge < -0.3 is 4.84 Å². The highest BCUT2D eigenvalue weighted by Gasteiger charge is 1.95. The van der Waals surface area contributed by atoms with E-state index < -0.39 is 5.97 Å². The monoisotopic (exact) mass is 197 g/mol. The summed E-state index contributed by atoms with van der Waals surface area (Å²) in [6.07, 6.45) is 2.75. The van der Waals surface area contributed by atoms with E-state index in [-0.39, 0.29) is 0 Å². The number of carbonyl (C=O) groups excluding carboxylic acids is 1. The summed E-state index contributed by atoms with van der Waals surface area (Å²) < 4.78 is 0. The molecule has 0 aliphatic rings. The Hall–Kier alpha value is -1.32. The van der Waals surface area contributed by atoms with Crippen LogP contribution in [0.4, 0.5) is 0 Å². The predicted molar refractivity (Wildman–Crippen MR) is 50.8 cm³/mol. The molecule has 0 aliphatic heterocycles. The lowest BCUT2D eigenvalue weighted by molar-refractivity contribution is -0.138. The number of hydrogen-bond donors (Lipinski definition) is 1. The molecule has 1 aromatic rings. The average molecular weight is 198 g/mol. The number of nitrogens with two attached hydrogens (primary N) is 1. The standard InChI is InChI=1S/C9H8ClNO2/c10-8-4-2-1-3-7(8)5-6-9(12)13-11/h1-6H,11H2/b6-5+. The van der Waals surface area contributed by atoms with Gasteiger partial charge in [-0.1, -0.05) is 29.8 Å². The molecule has 3 nitrogen and oxygen atoms in total. The van der Waals surface area contributed by atoms with Crippen LogP contribution in [-0.4, -0.2) is 5.97 Å². The highest BCUT2D eigenvalue weighted by Crippen LogP contribution is 2.15. The highest BCUT2D eigenvalue weighted by molar-refractivity contribution is 6.32. The van der Waals surface area contributed by atoms with Gasteiger partial charge in [0.2, 0.25) is 0 Å². The molecule has 1 aromatic carbocycles. The van der Waals surface area contributed by atoms with Crippen LogP contribution in [0.5, 0.6) is 0 Å². The fourth-order valence-electron chi connectivity index (χ4n) is 0.807. The molecule has 4 heteroatoms. The molecule has 0 aliphatic carbocycles. The maximum Gasteiger partial charge on any atom is 0.349 e. The van der Waals surface area contributed by atoms with Crippen molar-refractivity contribution in [2.24, 2.45) is 5.90 Å². The van der Waals surface area contributed by atoms with Crippen LogP contribution in [0, 0.1) is 0 Å². The average Bonchev–Trinajstić information content (AvgIpc) is 2.16. The lowest BCUT2D eigenvalue weighted by Crippen LogP contribution is -2.05. The fraction of sp³-hybridized carbons (Fsp3) is 0. The first-order valence-corrected chi connectivity index (χ1v) is 3.95. The van der Waals surface area contributed by atoms with Crippen LogP contribution < -0.4 is 5.90 Å². The number of halogens is 1. The van der Waals surface area contributed by atoms with Crippen LogP contribution in [0.2, 0.25) is 5.02 Å². The second-order valence-electron chi connectivity index (χ2n) is 2.29. The quantitative estimate of drug-likeness (QED) is 0.581. The maximum atomic E-state index is 10.6. The van der Waals surface area contributed by atoms with Crippen molar-refractivity contribution in [1.82, 2.24) is 0 Å². The molecule has 0 heterocycles. The second-order valence-corrected chi connectivity index (χ2v) is 2.70. The summed E-state index contributed by atoms with van der Waals surface area (Å²) in [6, 6.07) is 7.14. The Balaban J connectivity index is 2.80. The van der Waals surface area contributed by atoms with Crippen molar-refractivity contribution in [2.75, 3.05) is 0 Å². The summed E-state index contributed by atoms with van der Waals surface area (Å²) >= 11 is 5.82. The molecule has 0 saturated heterocycles. The van der Waals surface area contributed by atoms with Gasteiger partial charge in [0.25, 0.3) is 0 Å². The minimum Gasteiger partial charge on any atom is -0.370 e. The van der Waals surface area contributed by atoms with Gasteiger partial charge in [-0.3, -0.25) is 0 Å². The molecule has 0 unspecified atom stereocenters. The minimum atomic E-state index is -0.611. The third kappa shape index (κ3) is 2.89. The van der Waals surface area contributed by atoms with Gasteiger partial charge in [0.15, 0.2) is 0 Å². The highest BCUT2D eigenvalue weighted by atomic mass is 35.5. The molecule has 2 N–H and O–H groups in total. The Morgan fingerprint density at radius 3 is 2.77 bits per heavy atom. The molecule has 0 radical (unpaired) electrons. The van der Waals surface area contributed by atoms with E-state index in [0.717, 1.165) is 5.56 Å². The van der Waals surface area contributed by atoms with Crippen molar-refractivity contribution in [3.8, 4) is 0 Å². The molecule has 0 aromatic heterocycles. The molecule has 0 atom stereocenters. The van der Waals surface area contributed by atoms with Crippen LogP contribution in [0.25, 0.3) is 6.08 Å². The van der Waals surface area contributed by atoms with Gasteiger partial charge in [-0.25, -0.2) is 4.79 Å². The molecule has 0 bridgehead atoms. The Morgan fingerprint density at radius 2 is 2.15 bits per heavy atom. The van der Waals surface area contributed by atoms with Crippen molar-refractivity contribution in [2.45, 2.75) is 0 Å². The zero-order chi connectivity index (χ0) is 9.68. The lowest BCUT2D eigenvalue weighted by atomic mass is 10.2. The SMILES string of the molecule is NOC(=O)/C=C/c1ccccc1Cl. The number of benzene rings is 1. The lowest BCUT2D eigenvalue weighted by Gasteiger charge is -1.95. The first-order valence-electron chi connectivity index (χ1n) is 3.57. The van der Waals surface area contributed by atoms with Gasteiger partial charge >= 0.3 is 5.97 Å². The number of carbonyl (C=O) groups is 1. The molecule has 0 spiro atoms. The summed E-state index contributed by atoms with van der Waals surface area (Å²) in [5.41, 5.74) is 0.745. The van der Waals surface area contributed by atoms with Crippen LogP contribution in [0.3, 0.4) is 0 Å². The fourth-order valence-corrected chi connectivity index (χ4v) is 1.01. The van der Waals surface area contributed by atoms with E-state index in [0.29, 0.717) is 5.02 Å². The van der Waals surface area contributed by atoms with Gasteiger partial charge in [0, 0.05) is 11.1 Å². The van der Waals surface area contributed by atoms with Crippen molar-refractivity contribution in [3.05, 3.63) is 40.9 Å². The van der Waals surface area contributed by atoms with E-state index in [1.54, 1.807) is 18.2 Å². The zero-order valence-electron chi connectivity index (χ0n) is 6.74. The number of rotatable bonds is 2. The first-order chi connectivity index (χ1) is 6.24. The van der Waals surface area contributed by atoms with Gasteiger partial charge in [-0.15, -0.1) is 0 Å². The summed E-state index contributed by atoms with van der Waals surface area (Å²) in [5.74, 6) is 4.03. The van der Waals surface area contributed by atoms with Crippen molar-refractivity contribution < 1.29 is 9.63 Å². The molecular weight excluding hydrogens is 190 g/mol. The molecule has 0 saturated carbocycles. The van der Waals surface area contributed by atoms with E-state index in [2.05, 4.69) is 10.7 Å². The van der Waals surface area contributed by atoms with Crippen LogP contribution in [0.1, 0.15) is 5.56 Å². The Labute approximate surface area is 80.7 Å². The second kappa shape index (κ2) is 4.64. The van der Waals surface area contributed by atoms with Crippen LogP contribution in [0.15, 0.2) is 30.3 Å².